The van der Waals surface area contributed by atoms with Crippen LogP contribution in [0.25, 0.3) is 10.9 Å². The number of nitrogens with one attached hydrogen (secondary N) is 2. The van der Waals surface area contributed by atoms with Crippen molar-refractivity contribution in [2.24, 2.45) is 7.05 Å². The van der Waals surface area contributed by atoms with Crippen LogP contribution in [0.5, 0.6) is 0 Å². The maximum atomic E-state index is 4.18. The van der Waals surface area contributed by atoms with Crippen LogP contribution in [0.2, 0.25) is 0 Å². The Bertz CT molecular complexity index is 753. The van der Waals surface area contributed by atoms with Crippen LogP contribution >= 0.6 is 0 Å². The van der Waals surface area contributed by atoms with Gasteiger partial charge >= 0.3 is 0 Å². The SMILES string of the molecule is Cn1ccc2ccc(NC3CCCc4cn[nH]c43)cc21. The number of rotatable bonds is 2. The molecule has 0 spiro atoms. The molecular formula is C16H18N4. The lowest BCUT2D eigenvalue weighted by molar-refractivity contribution is 0.588. The molecule has 2 aromatic heterocycles. The average Bonchev–Trinajstić information content (AvgIpc) is 3.07. The van der Waals surface area contributed by atoms with Gasteiger partial charge in [0, 0.05) is 24.4 Å². The van der Waals surface area contributed by atoms with Gasteiger partial charge in [0.2, 0.25) is 0 Å². The summed E-state index contributed by atoms with van der Waals surface area (Å²) in [6.07, 6.45) is 7.57. The fraction of sp³-hybridized carbons (Fsp3) is 0.312. The molecule has 0 aliphatic heterocycles. The van der Waals surface area contributed by atoms with E-state index in [1.54, 1.807) is 0 Å². The number of anilines is 1. The maximum Gasteiger partial charge on any atom is 0.0682 e. The molecule has 102 valence electrons. The fourth-order valence-electron chi connectivity index (χ4n) is 3.16. The Labute approximate surface area is 117 Å². The van der Waals surface area contributed by atoms with Crippen molar-refractivity contribution in [3.05, 3.63) is 47.9 Å². The molecule has 1 aliphatic rings. The number of hydrogen-bond donors (Lipinski definition) is 2. The van der Waals surface area contributed by atoms with Crippen LogP contribution in [0.15, 0.2) is 36.7 Å². The summed E-state index contributed by atoms with van der Waals surface area (Å²) in [7, 11) is 2.08. The highest BCUT2D eigenvalue weighted by molar-refractivity contribution is 5.83. The second-order valence-corrected chi connectivity index (χ2v) is 5.60. The van der Waals surface area contributed by atoms with Crippen molar-refractivity contribution in [3.8, 4) is 0 Å². The highest BCUT2D eigenvalue weighted by Crippen LogP contribution is 2.31. The van der Waals surface area contributed by atoms with E-state index in [0.717, 1.165) is 12.8 Å². The van der Waals surface area contributed by atoms with Gasteiger partial charge in [0.05, 0.1) is 17.9 Å². The summed E-state index contributed by atoms with van der Waals surface area (Å²) in [5.74, 6) is 0. The van der Waals surface area contributed by atoms with Gasteiger partial charge in [0.25, 0.3) is 0 Å². The van der Waals surface area contributed by atoms with Gasteiger partial charge in [0.15, 0.2) is 0 Å². The first kappa shape index (κ1) is 11.6. The van der Waals surface area contributed by atoms with E-state index in [-0.39, 0.29) is 0 Å². The average molecular weight is 266 g/mol. The molecule has 1 atom stereocenters. The molecule has 20 heavy (non-hydrogen) atoms. The van der Waals surface area contributed by atoms with Gasteiger partial charge in [0.1, 0.15) is 0 Å². The van der Waals surface area contributed by atoms with Gasteiger partial charge in [-0.25, -0.2) is 0 Å². The van der Waals surface area contributed by atoms with Crippen LogP contribution < -0.4 is 5.32 Å². The van der Waals surface area contributed by atoms with E-state index in [2.05, 4.69) is 57.6 Å². The van der Waals surface area contributed by atoms with Gasteiger partial charge in [-0.2, -0.15) is 5.10 Å². The number of aromatic amines is 1. The van der Waals surface area contributed by atoms with Crippen molar-refractivity contribution in [1.82, 2.24) is 14.8 Å². The summed E-state index contributed by atoms with van der Waals surface area (Å²) in [4.78, 5) is 0. The molecular weight excluding hydrogens is 248 g/mol. The monoisotopic (exact) mass is 266 g/mol. The molecule has 3 aromatic rings. The third kappa shape index (κ3) is 1.80. The summed E-state index contributed by atoms with van der Waals surface area (Å²) < 4.78 is 2.16. The first-order chi connectivity index (χ1) is 9.81. The largest absolute Gasteiger partial charge is 0.377 e. The Kier molecular flexibility index (Phi) is 2.55. The fourth-order valence-corrected chi connectivity index (χ4v) is 3.16. The smallest absolute Gasteiger partial charge is 0.0682 e. The Morgan fingerprint density at radius 2 is 2.30 bits per heavy atom. The van der Waals surface area contributed by atoms with Gasteiger partial charge in [-0.1, -0.05) is 6.07 Å². The number of H-pyrrole nitrogens is 1. The number of nitrogens with zero attached hydrogens (tertiary/aromatic N) is 2. The van der Waals surface area contributed by atoms with Crippen molar-refractivity contribution < 1.29 is 0 Å². The minimum atomic E-state index is 0.346. The number of aryl methyl sites for hydroxylation is 2. The van der Waals surface area contributed by atoms with Crippen LogP contribution in [0, 0.1) is 0 Å². The van der Waals surface area contributed by atoms with E-state index < -0.39 is 0 Å². The maximum absolute atomic E-state index is 4.18. The number of hydrogen-bond acceptors (Lipinski definition) is 2. The van der Waals surface area contributed by atoms with Gasteiger partial charge in [-0.05, 0) is 48.4 Å². The number of fused-ring (bicyclic) bond motifs is 2. The first-order valence-electron chi connectivity index (χ1n) is 7.15. The summed E-state index contributed by atoms with van der Waals surface area (Å²) in [5.41, 5.74) is 5.04. The topological polar surface area (TPSA) is 45.6 Å². The van der Waals surface area contributed by atoms with Crippen molar-refractivity contribution in [2.75, 3.05) is 5.32 Å². The summed E-state index contributed by atoms with van der Waals surface area (Å²) in [5, 5.41) is 12.3. The molecule has 0 radical (unpaired) electrons. The van der Waals surface area contributed by atoms with Gasteiger partial charge in [-0.3, -0.25) is 5.10 Å². The second kappa shape index (κ2) is 4.40. The first-order valence-corrected chi connectivity index (χ1v) is 7.15. The Hall–Kier alpha value is -2.23. The van der Waals surface area contributed by atoms with Crippen molar-refractivity contribution in [2.45, 2.75) is 25.3 Å². The predicted octanol–water partition coefficient (Wildman–Crippen LogP) is 3.39. The zero-order chi connectivity index (χ0) is 13.5. The standard InChI is InChI=1S/C16H18N4/c1-20-8-7-11-5-6-13(9-15(11)20)18-14-4-2-3-12-10-17-19-16(12)14/h5-10,14,18H,2-4H2,1H3,(H,17,19). The molecule has 2 N–H and O–H groups in total. The molecule has 2 heterocycles. The lowest BCUT2D eigenvalue weighted by Gasteiger charge is -2.24. The minimum Gasteiger partial charge on any atom is -0.377 e. The van der Waals surface area contributed by atoms with E-state index in [1.807, 2.05) is 6.20 Å². The zero-order valence-corrected chi connectivity index (χ0v) is 11.6. The van der Waals surface area contributed by atoms with E-state index in [4.69, 9.17) is 0 Å². The highest BCUT2D eigenvalue weighted by atomic mass is 15.1. The van der Waals surface area contributed by atoms with E-state index >= 15 is 0 Å². The highest BCUT2D eigenvalue weighted by Gasteiger charge is 2.21. The number of aromatic nitrogens is 3. The minimum absolute atomic E-state index is 0.346. The van der Waals surface area contributed by atoms with Crippen molar-refractivity contribution in [3.63, 3.8) is 0 Å². The molecule has 4 heteroatoms. The molecule has 0 saturated carbocycles. The summed E-state index contributed by atoms with van der Waals surface area (Å²) in [6.45, 7) is 0. The Morgan fingerprint density at radius 1 is 1.35 bits per heavy atom. The van der Waals surface area contributed by atoms with E-state index in [9.17, 15) is 0 Å². The predicted molar refractivity (Wildman–Crippen MR) is 80.8 cm³/mol. The van der Waals surface area contributed by atoms with E-state index in [0.29, 0.717) is 6.04 Å². The van der Waals surface area contributed by atoms with E-state index in [1.165, 1.54) is 34.3 Å². The van der Waals surface area contributed by atoms with Crippen LogP contribution in [-0.2, 0) is 13.5 Å². The summed E-state index contributed by atoms with van der Waals surface area (Å²) >= 11 is 0. The summed E-state index contributed by atoms with van der Waals surface area (Å²) in [6, 6.07) is 9.05. The molecule has 0 saturated heterocycles. The molecule has 0 bridgehead atoms. The molecule has 4 nitrogen and oxygen atoms in total. The molecule has 4 rings (SSSR count). The third-order valence-electron chi connectivity index (χ3n) is 4.27. The van der Waals surface area contributed by atoms with Crippen LogP contribution in [0.4, 0.5) is 5.69 Å². The second-order valence-electron chi connectivity index (χ2n) is 5.60. The van der Waals surface area contributed by atoms with Crippen LogP contribution in [-0.4, -0.2) is 14.8 Å². The third-order valence-corrected chi connectivity index (χ3v) is 4.27. The number of benzene rings is 1. The molecule has 1 aliphatic carbocycles. The van der Waals surface area contributed by atoms with Gasteiger partial charge < -0.3 is 9.88 Å². The van der Waals surface area contributed by atoms with Crippen LogP contribution in [0.1, 0.15) is 30.1 Å². The lowest BCUT2D eigenvalue weighted by atomic mass is 9.93. The zero-order valence-electron chi connectivity index (χ0n) is 11.6. The van der Waals surface area contributed by atoms with Gasteiger partial charge in [-0.15, -0.1) is 0 Å². The quantitative estimate of drug-likeness (QED) is 0.747. The molecule has 0 fully saturated rings. The molecule has 1 unspecified atom stereocenters. The molecule has 1 aromatic carbocycles. The van der Waals surface area contributed by atoms with Crippen molar-refractivity contribution in [1.29, 1.82) is 0 Å². The van der Waals surface area contributed by atoms with Crippen LogP contribution in [0.3, 0.4) is 0 Å². The van der Waals surface area contributed by atoms with Crippen molar-refractivity contribution >= 4 is 16.6 Å². The Balaban J connectivity index is 1.67. The molecule has 0 amide bonds. The normalized spacial score (nSPS) is 18.1. The lowest BCUT2D eigenvalue weighted by Crippen LogP contribution is -2.17. The Morgan fingerprint density at radius 3 is 3.25 bits per heavy atom.